The first-order valence-corrected chi connectivity index (χ1v) is 6.33. The third-order valence-electron chi connectivity index (χ3n) is 3.50. The van der Waals surface area contributed by atoms with Gasteiger partial charge in [-0.05, 0) is 29.2 Å². The summed E-state index contributed by atoms with van der Waals surface area (Å²) in [7, 11) is 0. The van der Waals surface area contributed by atoms with Crippen LogP contribution in [0.1, 0.15) is 29.9 Å². The first kappa shape index (κ1) is 13.2. The normalized spacial score (nSPS) is 13.7. The molecule has 0 bridgehead atoms. The Morgan fingerprint density at radius 3 is 2.21 bits per heavy atom. The third kappa shape index (κ3) is 2.79. The van der Waals surface area contributed by atoms with Crippen LogP contribution in [0.15, 0.2) is 61.2 Å². The van der Waals surface area contributed by atoms with Crippen molar-refractivity contribution in [2.45, 2.75) is 18.8 Å². The maximum Gasteiger partial charge on any atom is 0.157 e. The summed E-state index contributed by atoms with van der Waals surface area (Å²) in [6, 6.07) is 15.1. The molecule has 2 nitrogen and oxygen atoms in total. The zero-order valence-electron chi connectivity index (χ0n) is 11.0. The van der Waals surface area contributed by atoms with E-state index in [0.29, 0.717) is 0 Å². The highest BCUT2D eigenvalue weighted by molar-refractivity contribution is 5.43. The van der Waals surface area contributed by atoms with Crippen LogP contribution in [0.2, 0.25) is 0 Å². The van der Waals surface area contributed by atoms with Gasteiger partial charge in [0.05, 0.1) is 0 Å². The van der Waals surface area contributed by atoms with Crippen LogP contribution in [0.4, 0.5) is 0 Å². The van der Waals surface area contributed by atoms with Crippen molar-refractivity contribution in [2.24, 2.45) is 0 Å². The zero-order valence-corrected chi connectivity index (χ0v) is 11.0. The molecule has 2 unspecified atom stereocenters. The molecule has 0 aliphatic rings. The van der Waals surface area contributed by atoms with Crippen molar-refractivity contribution >= 4 is 0 Å². The van der Waals surface area contributed by atoms with Crippen LogP contribution in [0.25, 0.3) is 0 Å². The Bertz CT molecular complexity index is 561. The second-order valence-electron chi connectivity index (χ2n) is 4.71. The second kappa shape index (κ2) is 5.61. The van der Waals surface area contributed by atoms with E-state index in [0.717, 1.165) is 5.56 Å². The van der Waals surface area contributed by atoms with Crippen LogP contribution < -0.4 is 0 Å². The molecule has 0 aliphatic carbocycles. The van der Waals surface area contributed by atoms with Crippen LogP contribution in [-0.4, -0.2) is 10.2 Å². The molecule has 2 atom stereocenters. The molecule has 2 aromatic rings. The van der Waals surface area contributed by atoms with Crippen LogP contribution in [0, 0.1) is 0 Å². The van der Waals surface area contributed by atoms with Crippen LogP contribution in [-0.2, 0) is 0 Å². The summed E-state index contributed by atoms with van der Waals surface area (Å²) in [4.78, 5) is 0. The SMILES string of the molecule is C=CC(c1ccccc1)C(C)c1ccc(O)c(O)c1. The van der Waals surface area contributed by atoms with E-state index in [4.69, 9.17) is 0 Å². The van der Waals surface area contributed by atoms with Crippen molar-refractivity contribution in [1.29, 1.82) is 0 Å². The first-order valence-electron chi connectivity index (χ1n) is 6.33. The molecular weight excluding hydrogens is 236 g/mol. The van der Waals surface area contributed by atoms with Gasteiger partial charge in [0.25, 0.3) is 0 Å². The van der Waals surface area contributed by atoms with Crippen LogP contribution in [0.5, 0.6) is 11.5 Å². The fourth-order valence-electron chi connectivity index (χ4n) is 2.34. The van der Waals surface area contributed by atoms with Crippen molar-refractivity contribution in [3.63, 3.8) is 0 Å². The van der Waals surface area contributed by atoms with Crippen LogP contribution in [0.3, 0.4) is 0 Å². The van der Waals surface area contributed by atoms with E-state index in [1.807, 2.05) is 30.3 Å². The molecule has 2 aromatic carbocycles. The standard InChI is InChI=1S/C17H18O2/c1-3-15(13-7-5-4-6-8-13)12(2)14-9-10-16(18)17(19)11-14/h3-12,15,18-19H,1H2,2H3. The summed E-state index contributed by atoms with van der Waals surface area (Å²) >= 11 is 0. The summed E-state index contributed by atoms with van der Waals surface area (Å²) in [5, 5.41) is 19.0. The van der Waals surface area contributed by atoms with Gasteiger partial charge >= 0.3 is 0 Å². The Morgan fingerprint density at radius 2 is 1.63 bits per heavy atom. The molecule has 0 aromatic heterocycles. The number of aromatic hydroxyl groups is 2. The lowest BCUT2D eigenvalue weighted by Crippen LogP contribution is -2.05. The summed E-state index contributed by atoms with van der Waals surface area (Å²) in [6.07, 6.45) is 1.92. The minimum Gasteiger partial charge on any atom is -0.504 e. The lowest BCUT2D eigenvalue weighted by Gasteiger charge is -2.22. The molecule has 0 heterocycles. The molecule has 98 valence electrons. The van der Waals surface area contributed by atoms with E-state index in [1.165, 1.54) is 11.6 Å². The maximum absolute atomic E-state index is 9.60. The molecule has 0 saturated heterocycles. The Labute approximate surface area is 113 Å². The number of benzene rings is 2. The predicted molar refractivity (Wildman–Crippen MR) is 77.6 cm³/mol. The van der Waals surface area contributed by atoms with E-state index in [1.54, 1.807) is 6.07 Å². The number of phenolic OH excluding ortho intramolecular Hbond substituents is 2. The monoisotopic (exact) mass is 254 g/mol. The third-order valence-corrected chi connectivity index (χ3v) is 3.50. The molecule has 2 heteroatoms. The van der Waals surface area contributed by atoms with Gasteiger partial charge in [-0.1, -0.05) is 49.4 Å². The summed E-state index contributed by atoms with van der Waals surface area (Å²) < 4.78 is 0. The molecule has 0 saturated carbocycles. The molecule has 2 rings (SSSR count). The van der Waals surface area contributed by atoms with Gasteiger partial charge in [-0.2, -0.15) is 0 Å². The Morgan fingerprint density at radius 1 is 0.947 bits per heavy atom. The fourth-order valence-corrected chi connectivity index (χ4v) is 2.34. The van der Waals surface area contributed by atoms with Crippen LogP contribution >= 0.6 is 0 Å². The number of hydrogen-bond acceptors (Lipinski definition) is 2. The Balaban J connectivity index is 2.33. The molecule has 0 fully saturated rings. The molecule has 2 N–H and O–H groups in total. The quantitative estimate of drug-likeness (QED) is 0.635. The van der Waals surface area contributed by atoms with Gasteiger partial charge in [-0.3, -0.25) is 0 Å². The van der Waals surface area contributed by atoms with Gasteiger partial charge in [-0.25, -0.2) is 0 Å². The van der Waals surface area contributed by atoms with Gasteiger partial charge < -0.3 is 10.2 Å². The van der Waals surface area contributed by atoms with Crippen molar-refractivity contribution in [2.75, 3.05) is 0 Å². The Hall–Kier alpha value is -2.22. The zero-order chi connectivity index (χ0) is 13.8. The number of allylic oxidation sites excluding steroid dienone is 1. The van der Waals surface area contributed by atoms with Crippen molar-refractivity contribution in [1.82, 2.24) is 0 Å². The highest BCUT2D eigenvalue weighted by Gasteiger charge is 2.18. The van der Waals surface area contributed by atoms with Gasteiger partial charge in [-0.15, -0.1) is 6.58 Å². The average Bonchev–Trinajstić information content (AvgIpc) is 2.44. The van der Waals surface area contributed by atoms with Gasteiger partial charge in [0.1, 0.15) is 0 Å². The fraction of sp³-hybridized carbons (Fsp3) is 0.176. The number of rotatable bonds is 4. The molecule has 0 spiro atoms. The molecule has 19 heavy (non-hydrogen) atoms. The van der Waals surface area contributed by atoms with E-state index in [-0.39, 0.29) is 23.3 Å². The highest BCUT2D eigenvalue weighted by atomic mass is 16.3. The molecule has 0 amide bonds. The van der Waals surface area contributed by atoms with Gasteiger partial charge in [0.15, 0.2) is 11.5 Å². The molecule has 0 aliphatic heterocycles. The number of phenols is 2. The average molecular weight is 254 g/mol. The summed E-state index contributed by atoms with van der Waals surface area (Å²) in [5.41, 5.74) is 2.17. The van der Waals surface area contributed by atoms with E-state index in [2.05, 4.69) is 25.6 Å². The van der Waals surface area contributed by atoms with Gasteiger partial charge in [0.2, 0.25) is 0 Å². The highest BCUT2D eigenvalue weighted by Crippen LogP contribution is 2.36. The topological polar surface area (TPSA) is 40.5 Å². The van der Waals surface area contributed by atoms with Crippen molar-refractivity contribution in [3.8, 4) is 11.5 Å². The number of hydrogen-bond donors (Lipinski definition) is 2. The van der Waals surface area contributed by atoms with E-state index >= 15 is 0 Å². The lowest BCUT2D eigenvalue weighted by molar-refractivity contribution is 0.402. The smallest absolute Gasteiger partial charge is 0.157 e. The summed E-state index contributed by atoms with van der Waals surface area (Å²) in [5.74, 6) is 0.169. The lowest BCUT2D eigenvalue weighted by atomic mass is 9.83. The van der Waals surface area contributed by atoms with E-state index in [9.17, 15) is 10.2 Å². The predicted octanol–water partition coefficient (Wildman–Crippen LogP) is 4.17. The van der Waals surface area contributed by atoms with Crippen molar-refractivity contribution in [3.05, 3.63) is 72.3 Å². The minimum absolute atomic E-state index is 0.0831. The second-order valence-corrected chi connectivity index (χ2v) is 4.71. The minimum atomic E-state index is -0.0918. The largest absolute Gasteiger partial charge is 0.504 e. The summed E-state index contributed by atoms with van der Waals surface area (Å²) in [6.45, 7) is 6.00. The van der Waals surface area contributed by atoms with Gasteiger partial charge in [0, 0.05) is 5.92 Å². The van der Waals surface area contributed by atoms with Crippen molar-refractivity contribution < 1.29 is 10.2 Å². The molecular formula is C17H18O2. The Kier molecular flexibility index (Phi) is 3.91. The molecule has 0 radical (unpaired) electrons. The van der Waals surface area contributed by atoms with E-state index < -0.39 is 0 Å². The first-order chi connectivity index (χ1) is 9.13. The maximum atomic E-state index is 9.60.